The number of methoxy groups -OCH3 is 1. The van der Waals surface area contributed by atoms with Gasteiger partial charge in [0.1, 0.15) is 11.6 Å². The first-order valence-electron chi connectivity index (χ1n) is 15.0. The normalized spacial score (nSPS) is 14.9. The largest absolute Gasteiger partial charge is 0.497 e. The van der Waals surface area contributed by atoms with Gasteiger partial charge in [0, 0.05) is 41.3 Å². The zero-order valence-corrected chi connectivity index (χ0v) is 29.6. The Labute approximate surface area is 257 Å². The van der Waals surface area contributed by atoms with Gasteiger partial charge in [-0.15, -0.1) is 0 Å². The predicted octanol–water partition coefficient (Wildman–Crippen LogP) is 8.17. The quantitative estimate of drug-likeness (QED) is 0.0740. The molecule has 2 N–H and O–H groups in total. The van der Waals surface area contributed by atoms with Crippen LogP contribution in [0, 0.1) is 11.8 Å². The molecule has 7 heteroatoms. The third-order valence-corrected chi connectivity index (χ3v) is 7.18. The molecule has 1 aliphatic rings. The van der Waals surface area contributed by atoms with E-state index < -0.39 is 10.8 Å². The van der Waals surface area contributed by atoms with Crippen LogP contribution in [0.1, 0.15) is 95.4 Å². The number of amidine groups is 1. The molecule has 0 aliphatic carbocycles. The van der Waals surface area contributed by atoms with Crippen LogP contribution in [-0.2, 0) is 20.3 Å². The molecule has 0 aromatic heterocycles. The number of aliphatic imine (C=N–C) groups is 1. The third kappa shape index (κ3) is 33.7. The minimum absolute atomic E-state index is 0.363. The van der Waals surface area contributed by atoms with Crippen molar-refractivity contribution in [2.45, 2.75) is 101 Å². The van der Waals surface area contributed by atoms with Gasteiger partial charge in [-0.2, -0.15) is 0 Å². The fraction of sp³-hybridized carbons (Fsp3) is 0.647. The van der Waals surface area contributed by atoms with Gasteiger partial charge in [-0.3, -0.25) is 14.0 Å². The molecule has 240 valence electrons. The summed E-state index contributed by atoms with van der Waals surface area (Å²) in [5, 5.41) is 6.08. The van der Waals surface area contributed by atoms with E-state index in [0.29, 0.717) is 35.8 Å². The molecule has 0 saturated heterocycles. The fourth-order valence-electron chi connectivity index (χ4n) is 3.23. The lowest BCUT2D eigenvalue weighted by Crippen LogP contribution is -2.23. The lowest BCUT2D eigenvalue weighted by Gasteiger charge is -2.16. The van der Waals surface area contributed by atoms with E-state index in [1.807, 2.05) is 52.8 Å². The number of hydrogen-bond acceptors (Lipinski definition) is 5. The highest BCUT2D eigenvalue weighted by Gasteiger charge is 2.14. The van der Waals surface area contributed by atoms with Gasteiger partial charge in [0.15, 0.2) is 0 Å². The molecule has 1 aliphatic heterocycles. The van der Waals surface area contributed by atoms with E-state index in [-0.39, 0.29) is 0 Å². The van der Waals surface area contributed by atoms with Gasteiger partial charge in [0.2, 0.25) is 6.41 Å². The molecule has 4 unspecified atom stereocenters. The van der Waals surface area contributed by atoms with Crippen molar-refractivity contribution in [3.63, 3.8) is 0 Å². The third-order valence-electron chi connectivity index (χ3n) is 5.67. The second kappa shape index (κ2) is 33.8. The van der Waals surface area contributed by atoms with Crippen LogP contribution in [0.3, 0.4) is 0 Å². The molecule has 0 spiro atoms. The van der Waals surface area contributed by atoms with Crippen LogP contribution < -0.4 is 10.6 Å². The summed E-state index contributed by atoms with van der Waals surface area (Å²) in [5.41, 5.74) is 2.44. The van der Waals surface area contributed by atoms with Crippen molar-refractivity contribution in [1.82, 2.24) is 10.6 Å². The van der Waals surface area contributed by atoms with E-state index in [9.17, 15) is 9.00 Å². The lowest BCUT2D eigenvalue weighted by atomic mass is 10.0. The van der Waals surface area contributed by atoms with E-state index >= 15 is 0 Å². The zero-order valence-electron chi connectivity index (χ0n) is 28.8. The Balaban J connectivity index is -0.000000220. The number of carbonyl (C=O) groups is 1. The predicted molar refractivity (Wildman–Crippen MR) is 186 cm³/mol. The Morgan fingerprint density at radius 1 is 1.15 bits per heavy atom. The van der Waals surface area contributed by atoms with Gasteiger partial charge >= 0.3 is 0 Å². The molecule has 0 saturated carbocycles. The van der Waals surface area contributed by atoms with E-state index in [4.69, 9.17) is 4.74 Å². The van der Waals surface area contributed by atoms with Crippen LogP contribution in [0.15, 0.2) is 64.9 Å². The van der Waals surface area contributed by atoms with Crippen molar-refractivity contribution in [2.75, 3.05) is 33.0 Å². The highest BCUT2D eigenvalue weighted by atomic mass is 32.2. The molecule has 0 fully saturated rings. The van der Waals surface area contributed by atoms with E-state index in [1.54, 1.807) is 13.4 Å². The number of rotatable bonds is 13. The molecule has 4 atom stereocenters. The summed E-state index contributed by atoms with van der Waals surface area (Å²) in [7, 11) is 0.976. The molecule has 1 rings (SSSR count). The molecule has 0 bridgehead atoms. The summed E-state index contributed by atoms with van der Waals surface area (Å²) < 4.78 is 16.0. The summed E-state index contributed by atoms with van der Waals surface area (Å²) in [6, 6.07) is 0. The topological polar surface area (TPSA) is 79.8 Å². The number of unbranched alkanes of at least 4 members (excludes halogenated alkanes) is 1. The molecule has 0 aromatic carbocycles. The van der Waals surface area contributed by atoms with Crippen LogP contribution in [0.2, 0.25) is 0 Å². The Bertz CT molecular complexity index is 810. The number of ether oxygens (including phenoxy) is 1. The van der Waals surface area contributed by atoms with Crippen molar-refractivity contribution in [3.05, 3.63) is 59.9 Å². The summed E-state index contributed by atoms with van der Waals surface area (Å²) in [5.74, 6) is 2.91. The van der Waals surface area contributed by atoms with Crippen LogP contribution in [0.25, 0.3) is 0 Å². The molecular weight excluding hydrogens is 530 g/mol. The lowest BCUT2D eigenvalue weighted by molar-refractivity contribution is -0.109. The fourth-order valence-corrected chi connectivity index (χ4v) is 4.02. The van der Waals surface area contributed by atoms with Crippen molar-refractivity contribution >= 4 is 23.0 Å². The number of carbonyl (C=O) groups excluding carboxylic acids is 1. The number of nitrogens with one attached hydrogen (secondary N) is 2. The summed E-state index contributed by atoms with van der Waals surface area (Å²) in [6.45, 7) is 29.0. The van der Waals surface area contributed by atoms with Gasteiger partial charge in [0.05, 0.1) is 13.7 Å². The summed E-state index contributed by atoms with van der Waals surface area (Å²) in [6.07, 6.45) is 18.2. The van der Waals surface area contributed by atoms with Gasteiger partial charge in [-0.05, 0) is 58.6 Å². The van der Waals surface area contributed by atoms with Gasteiger partial charge in [0.25, 0.3) is 0 Å². The summed E-state index contributed by atoms with van der Waals surface area (Å²) in [4.78, 5) is 13.8. The minimum Gasteiger partial charge on any atom is -0.497 e. The molecule has 1 amide bonds. The molecule has 0 radical (unpaired) electrons. The first kappa shape index (κ1) is 45.6. The minimum atomic E-state index is -0.644. The summed E-state index contributed by atoms with van der Waals surface area (Å²) >= 11 is 0. The zero-order chi connectivity index (χ0) is 32.6. The second-order valence-electron chi connectivity index (χ2n) is 9.71. The van der Waals surface area contributed by atoms with Crippen molar-refractivity contribution in [2.24, 2.45) is 16.8 Å². The van der Waals surface area contributed by atoms with E-state index in [0.717, 1.165) is 24.5 Å². The van der Waals surface area contributed by atoms with Crippen LogP contribution >= 0.6 is 0 Å². The van der Waals surface area contributed by atoms with E-state index in [2.05, 4.69) is 82.0 Å². The highest BCUT2D eigenvalue weighted by molar-refractivity contribution is 7.84. The first-order chi connectivity index (χ1) is 19.4. The smallest absolute Gasteiger partial charge is 0.207 e. The van der Waals surface area contributed by atoms with Gasteiger partial charge in [-0.25, -0.2) is 0 Å². The highest BCUT2D eigenvalue weighted by Crippen LogP contribution is 2.15. The maximum Gasteiger partial charge on any atom is 0.207 e. The van der Waals surface area contributed by atoms with E-state index in [1.165, 1.54) is 24.8 Å². The number of hydrogen-bond donors (Lipinski definition) is 2. The maximum absolute atomic E-state index is 11.1. The number of allylic oxidation sites excluding steroid dienone is 6. The van der Waals surface area contributed by atoms with Crippen LogP contribution in [0.5, 0.6) is 0 Å². The molecule has 1 heterocycles. The standard InChI is InChI=1S/C10H16O.C9H20OS.C8H14N2.C5H9NO.C2H6/c1-8(2)6-9(3)7-10(4)11-5;1-5-6-7-8(2)9(3)11(4)10;1-3-4-7(2)8-9-5-6-10-8;1-2-3-4-6-5-7;1-2/h6-7H,4H2,1-3,5H3;8-9H,5-7H2,1-4H3;3-4,7H,5-6H2,1-2H3,(H,9,10);2-3,5H,4H2,1H3,(H,6,7);1-2H3/b9-7-;;4-3-;3-2+;. The Hall–Kier alpha value is -2.41. The van der Waals surface area contributed by atoms with Gasteiger partial charge in [-0.1, -0.05) is 96.9 Å². The molecule has 6 nitrogen and oxygen atoms in total. The van der Waals surface area contributed by atoms with Crippen LogP contribution in [0.4, 0.5) is 0 Å². The van der Waals surface area contributed by atoms with Crippen molar-refractivity contribution in [1.29, 1.82) is 0 Å². The van der Waals surface area contributed by atoms with Gasteiger partial charge < -0.3 is 15.4 Å². The average Bonchev–Trinajstić information content (AvgIpc) is 3.49. The van der Waals surface area contributed by atoms with Crippen molar-refractivity contribution < 1.29 is 13.7 Å². The molecule has 0 aromatic rings. The van der Waals surface area contributed by atoms with Crippen molar-refractivity contribution in [3.8, 4) is 0 Å². The number of nitrogens with zero attached hydrogens (tertiary/aromatic N) is 1. The molecule has 41 heavy (non-hydrogen) atoms. The Kier molecular flexibility index (Phi) is 37.6. The SMILES string of the molecule is C/C=C/CNC=O.C/C=C\C(C)C1=NCCN1.C=C(/C=C(/C)C=C(C)C)OC.CC.CCCCC(C)C(C)S(C)=O. The Morgan fingerprint density at radius 3 is 2.15 bits per heavy atom. The average molecular weight is 596 g/mol. The number of amides is 1. The monoisotopic (exact) mass is 595 g/mol. The maximum atomic E-state index is 11.1. The first-order valence-corrected chi connectivity index (χ1v) is 16.6. The van der Waals surface area contributed by atoms with Crippen LogP contribution in [-0.4, -0.2) is 54.7 Å². The second-order valence-corrected chi connectivity index (χ2v) is 11.4. The molecular formula is C34H65N3O3S. The Morgan fingerprint density at radius 2 is 1.76 bits per heavy atom.